The van der Waals surface area contributed by atoms with Gasteiger partial charge in [-0.15, -0.1) is 11.3 Å². The molecule has 1 aliphatic heterocycles. The number of nitrogens with zero attached hydrogens (tertiary/aromatic N) is 1. The van der Waals surface area contributed by atoms with Crippen molar-refractivity contribution < 1.29 is 9.53 Å². The zero-order valence-corrected chi connectivity index (χ0v) is 14.5. The van der Waals surface area contributed by atoms with Gasteiger partial charge < -0.3 is 9.64 Å². The lowest BCUT2D eigenvalue weighted by Gasteiger charge is -2.31. The topological polar surface area (TPSA) is 29.5 Å². The van der Waals surface area contributed by atoms with Gasteiger partial charge in [0.05, 0.1) is 15.8 Å². The first-order valence-electron chi connectivity index (χ1n) is 7.95. The summed E-state index contributed by atoms with van der Waals surface area (Å²) in [5, 5.41) is 0. The number of benzene rings is 1. The van der Waals surface area contributed by atoms with Crippen LogP contribution in [0.2, 0.25) is 4.34 Å². The zero-order chi connectivity index (χ0) is 16.1. The number of halogens is 1. The monoisotopic (exact) mass is 349 g/mol. The molecular weight excluding hydrogens is 330 g/mol. The molecule has 0 bridgehead atoms. The second-order valence-electron chi connectivity index (χ2n) is 5.79. The van der Waals surface area contributed by atoms with E-state index in [1.54, 1.807) is 6.07 Å². The van der Waals surface area contributed by atoms with Crippen molar-refractivity contribution in [2.24, 2.45) is 5.92 Å². The number of piperidine rings is 1. The summed E-state index contributed by atoms with van der Waals surface area (Å²) in [4.78, 5) is 15.0. The van der Waals surface area contributed by atoms with Gasteiger partial charge in [0, 0.05) is 13.1 Å². The molecule has 1 aromatic heterocycles. The molecular formula is C18H20ClNO2S. The first-order chi connectivity index (χ1) is 11.2. The quantitative estimate of drug-likeness (QED) is 0.781. The molecule has 0 radical (unpaired) electrons. The molecule has 1 aliphatic rings. The Morgan fingerprint density at radius 2 is 1.91 bits per heavy atom. The molecule has 1 amide bonds. The Balaban J connectivity index is 1.41. The van der Waals surface area contributed by atoms with Crippen molar-refractivity contribution in [3.63, 3.8) is 0 Å². The summed E-state index contributed by atoms with van der Waals surface area (Å²) in [6.07, 6.45) is 3.13. The van der Waals surface area contributed by atoms with E-state index >= 15 is 0 Å². The molecule has 122 valence electrons. The molecule has 2 aromatic rings. The highest BCUT2D eigenvalue weighted by Gasteiger charge is 2.24. The van der Waals surface area contributed by atoms with Crippen LogP contribution >= 0.6 is 22.9 Å². The standard InChI is InChI=1S/C18H20ClNO2S/c19-17-7-6-16(23-17)18(21)20-11-8-14(9-12-20)10-13-22-15-4-2-1-3-5-15/h1-7,14H,8-13H2. The fourth-order valence-corrected chi connectivity index (χ4v) is 3.88. The fraction of sp³-hybridized carbons (Fsp3) is 0.389. The normalized spacial score (nSPS) is 15.6. The maximum atomic E-state index is 12.4. The molecule has 0 atom stereocenters. The van der Waals surface area contributed by atoms with Crippen LogP contribution in [0, 0.1) is 5.92 Å². The maximum absolute atomic E-state index is 12.4. The summed E-state index contributed by atoms with van der Waals surface area (Å²) in [5.41, 5.74) is 0. The number of rotatable bonds is 5. The smallest absolute Gasteiger partial charge is 0.263 e. The highest BCUT2D eigenvalue weighted by molar-refractivity contribution is 7.17. The van der Waals surface area contributed by atoms with E-state index in [4.69, 9.17) is 16.3 Å². The van der Waals surface area contributed by atoms with Gasteiger partial charge in [0.2, 0.25) is 0 Å². The molecule has 0 aliphatic carbocycles. The van der Waals surface area contributed by atoms with Crippen molar-refractivity contribution in [3.05, 3.63) is 51.7 Å². The van der Waals surface area contributed by atoms with E-state index in [1.807, 2.05) is 41.3 Å². The van der Waals surface area contributed by atoms with Gasteiger partial charge >= 0.3 is 0 Å². The minimum absolute atomic E-state index is 0.112. The Hall–Kier alpha value is -1.52. The lowest BCUT2D eigenvalue weighted by atomic mass is 9.94. The average Bonchev–Trinajstić information content (AvgIpc) is 3.02. The number of thiophene rings is 1. The van der Waals surface area contributed by atoms with Crippen molar-refractivity contribution >= 4 is 28.8 Å². The number of hydrogen-bond donors (Lipinski definition) is 0. The number of carbonyl (C=O) groups is 1. The van der Waals surface area contributed by atoms with Crippen LogP contribution in [-0.2, 0) is 0 Å². The minimum Gasteiger partial charge on any atom is -0.494 e. The molecule has 0 saturated carbocycles. The number of carbonyl (C=O) groups excluding carboxylic acids is 1. The second-order valence-corrected chi connectivity index (χ2v) is 7.50. The zero-order valence-electron chi connectivity index (χ0n) is 12.9. The highest BCUT2D eigenvalue weighted by Crippen LogP contribution is 2.26. The van der Waals surface area contributed by atoms with Gasteiger partial charge in [0.25, 0.3) is 5.91 Å². The Bertz CT molecular complexity index is 635. The van der Waals surface area contributed by atoms with Gasteiger partial charge in [-0.2, -0.15) is 0 Å². The van der Waals surface area contributed by atoms with Gasteiger partial charge in [-0.05, 0) is 49.4 Å². The average molecular weight is 350 g/mol. The van der Waals surface area contributed by atoms with Gasteiger partial charge in [-0.25, -0.2) is 0 Å². The largest absolute Gasteiger partial charge is 0.494 e. The molecule has 23 heavy (non-hydrogen) atoms. The van der Waals surface area contributed by atoms with Crippen LogP contribution in [0.3, 0.4) is 0 Å². The van der Waals surface area contributed by atoms with Crippen LogP contribution < -0.4 is 4.74 Å². The number of amides is 1. The highest BCUT2D eigenvalue weighted by atomic mass is 35.5. The summed E-state index contributed by atoms with van der Waals surface area (Å²) >= 11 is 7.26. The predicted octanol–water partition coefficient (Wildman–Crippen LogP) is 4.72. The third kappa shape index (κ3) is 4.49. The van der Waals surface area contributed by atoms with Crippen molar-refractivity contribution in [1.82, 2.24) is 4.90 Å². The summed E-state index contributed by atoms with van der Waals surface area (Å²) in [7, 11) is 0. The Labute approximate surface area is 145 Å². The third-order valence-corrected chi connectivity index (χ3v) is 5.44. The van der Waals surface area contributed by atoms with Crippen molar-refractivity contribution in [2.75, 3.05) is 19.7 Å². The Kier molecular flexibility index (Phi) is 5.57. The Morgan fingerprint density at radius 3 is 2.57 bits per heavy atom. The van der Waals surface area contributed by atoms with Crippen molar-refractivity contribution in [3.8, 4) is 5.75 Å². The molecule has 5 heteroatoms. The molecule has 0 spiro atoms. The van der Waals surface area contributed by atoms with Gasteiger partial charge in [0.15, 0.2) is 0 Å². The van der Waals surface area contributed by atoms with E-state index in [9.17, 15) is 4.79 Å². The van der Waals surface area contributed by atoms with E-state index < -0.39 is 0 Å². The molecule has 1 aromatic carbocycles. The van der Waals surface area contributed by atoms with Crippen LogP contribution in [0.4, 0.5) is 0 Å². The molecule has 1 saturated heterocycles. The molecule has 0 N–H and O–H groups in total. The van der Waals surface area contributed by atoms with Crippen molar-refractivity contribution in [1.29, 1.82) is 0 Å². The van der Waals surface area contributed by atoms with Gasteiger partial charge in [-0.3, -0.25) is 4.79 Å². The summed E-state index contributed by atoms with van der Waals surface area (Å²) in [5.74, 6) is 1.67. The lowest BCUT2D eigenvalue weighted by molar-refractivity contribution is 0.0685. The predicted molar refractivity (Wildman–Crippen MR) is 94.5 cm³/mol. The SMILES string of the molecule is O=C(c1ccc(Cl)s1)N1CCC(CCOc2ccccc2)CC1. The summed E-state index contributed by atoms with van der Waals surface area (Å²) < 4.78 is 6.43. The third-order valence-electron chi connectivity index (χ3n) is 4.22. The number of ether oxygens (including phenoxy) is 1. The van der Waals surface area contributed by atoms with Crippen LogP contribution in [0.25, 0.3) is 0 Å². The van der Waals surface area contributed by atoms with Crippen molar-refractivity contribution in [2.45, 2.75) is 19.3 Å². The van der Waals surface area contributed by atoms with Crippen LogP contribution in [0.1, 0.15) is 28.9 Å². The Morgan fingerprint density at radius 1 is 1.17 bits per heavy atom. The molecule has 2 heterocycles. The minimum atomic E-state index is 0.112. The van der Waals surface area contributed by atoms with Crippen LogP contribution in [0.5, 0.6) is 5.75 Å². The molecule has 1 fully saturated rings. The molecule has 3 nitrogen and oxygen atoms in total. The lowest BCUT2D eigenvalue weighted by Crippen LogP contribution is -2.38. The van der Waals surface area contributed by atoms with Gasteiger partial charge in [0.1, 0.15) is 5.75 Å². The summed E-state index contributed by atoms with van der Waals surface area (Å²) in [6.45, 7) is 2.39. The van der Waals surface area contributed by atoms with Gasteiger partial charge in [-0.1, -0.05) is 29.8 Å². The van der Waals surface area contributed by atoms with E-state index in [0.29, 0.717) is 10.3 Å². The molecule has 0 unspecified atom stereocenters. The fourth-order valence-electron chi connectivity index (χ4n) is 2.87. The summed E-state index contributed by atoms with van der Waals surface area (Å²) in [6, 6.07) is 13.5. The van der Waals surface area contributed by atoms with E-state index in [2.05, 4.69) is 0 Å². The van der Waals surface area contributed by atoms with E-state index in [1.165, 1.54) is 11.3 Å². The van der Waals surface area contributed by atoms with E-state index in [0.717, 1.165) is 49.6 Å². The number of para-hydroxylation sites is 1. The first-order valence-corrected chi connectivity index (χ1v) is 9.14. The van der Waals surface area contributed by atoms with Crippen LogP contribution in [-0.4, -0.2) is 30.5 Å². The second kappa shape index (κ2) is 7.84. The maximum Gasteiger partial charge on any atom is 0.263 e. The first kappa shape index (κ1) is 16.3. The van der Waals surface area contributed by atoms with Crippen LogP contribution in [0.15, 0.2) is 42.5 Å². The number of hydrogen-bond acceptors (Lipinski definition) is 3. The number of likely N-dealkylation sites (tertiary alicyclic amines) is 1. The molecule has 3 rings (SSSR count). The van der Waals surface area contributed by atoms with E-state index in [-0.39, 0.29) is 5.91 Å².